The molecule has 1 aromatic carbocycles. The van der Waals surface area contributed by atoms with Gasteiger partial charge in [-0.3, -0.25) is 0 Å². The van der Waals surface area contributed by atoms with Crippen LogP contribution in [-0.4, -0.2) is 16.6 Å². The molecule has 0 bridgehead atoms. The highest BCUT2D eigenvalue weighted by atomic mass is 35.5. The SMILES string of the molecule is CC(Cl)c1ncnc(NC(C)c2ccc(OC(F)F)cc2)c1Cl. The molecule has 0 aliphatic rings. The molecule has 2 atom stereocenters. The Hall–Kier alpha value is -1.66. The largest absolute Gasteiger partial charge is 0.435 e. The molecule has 4 nitrogen and oxygen atoms in total. The van der Waals surface area contributed by atoms with Crippen LogP contribution in [0.3, 0.4) is 0 Å². The number of benzene rings is 1. The minimum Gasteiger partial charge on any atom is -0.435 e. The van der Waals surface area contributed by atoms with Crippen LogP contribution in [0.2, 0.25) is 5.02 Å². The molecule has 23 heavy (non-hydrogen) atoms. The number of nitrogens with zero attached hydrogens (tertiary/aromatic N) is 2. The first-order valence-electron chi connectivity index (χ1n) is 6.84. The van der Waals surface area contributed by atoms with Gasteiger partial charge >= 0.3 is 6.61 Å². The third kappa shape index (κ3) is 4.65. The van der Waals surface area contributed by atoms with Crippen molar-refractivity contribution in [2.24, 2.45) is 0 Å². The summed E-state index contributed by atoms with van der Waals surface area (Å²) in [5.74, 6) is 0.568. The fourth-order valence-corrected chi connectivity index (χ4v) is 2.52. The van der Waals surface area contributed by atoms with Crippen LogP contribution in [0.1, 0.15) is 36.5 Å². The molecule has 2 unspecified atom stereocenters. The molecule has 1 aromatic heterocycles. The number of hydrogen-bond acceptors (Lipinski definition) is 4. The van der Waals surface area contributed by atoms with Crippen molar-refractivity contribution in [2.45, 2.75) is 31.9 Å². The van der Waals surface area contributed by atoms with E-state index in [1.807, 2.05) is 6.92 Å². The summed E-state index contributed by atoms with van der Waals surface area (Å²) in [5.41, 5.74) is 1.40. The van der Waals surface area contributed by atoms with Crippen LogP contribution in [0.25, 0.3) is 0 Å². The lowest BCUT2D eigenvalue weighted by atomic mass is 10.1. The minimum absolute atomic E-state index is 0.106. The molecular weight excluding hydrogens is 347 g/mol. The van der Waals surface area contributed by atoms with Crippen LogP contribution in [0, 0.1) is 0 Å². The zero-order valence-electron chi connectivity index (χ0n) is 12.4. The van der Waals surface area contributed by atoms with Gasteiger partial charge in [-0.05, 0) is 31.5 Å². The van der Waals surface area contributed by atoms with E-state index in [1.54, 1.807) is 19.1 Å². The lowest BCUT2D eigenvalue weighted by Crippen LogP contribution is -2.10. The number of rotatable bonds is 6. The van der Waals surface area contributed by atoms with Crippen LogP contribution >= 0.6 is 23.2 Å². The summed E-state index contributed by atoms with van der Waals surface area (Å²) >= 11 is 12.3. The molecule has 2 aromatic rings. The van der Waals surface area contributed by atoms with Gasteiger partial charge in [0.15, 0.2) is 0 Å². The smallest absolute Gasteiger partial charge is 0.387 e. The Morgan fingerprint density at radius 1 is 1.13 bits per heavy atom. The Kier molecular flexibility index (Phi) is 5.96. The highest BCUT2D eigenvalue weighted by Gasteiger charge is 2.15. The topological polar surface area (TPSA) is 47.0 Å². The Bertz CT molecular complexity index is 654. The van der Waals surface area contributed by atoms with Gasteiger partial charge in [0, 0.05) is 6.04 Å². The van der Waals surface area contributed by atoms with Crippen molar-refractivity contribution in [3.63, 3.8) is 0 Å². The Morgan fingerprint density at radius 3 is 2.35 bits per heavy atom. The molecule has 8 heteroatoms. The first-order chi connectivity index (χ1) is 10.9. The predicted molar refractivity (Wildman–Crippen MR) is 86.4 cm³/mol. The van der Waals surface area contributed by atoms with Gasteiger partial charge in [0.25, 0.3) is 0 Å². The molecule has 0 amide bonds. The van der Waals surface area contributed by atoms with Gasteiger partial charge in [0.1, 0.15) is 22.9 Å². The fourth-order valence-electron chi connectivity index (χ4n) is 1.99. The first-order valence-corrected chi connectivity index (χ1v) is 7.65. The molecule has 0 fully saturated rings. The predicted octanol–water partition coefficient (Wildman–Crippen LogP) is 5.20. The number of hydrogen-bond donors (Lipinski definition) is 1. The van der Waals surface area contributed by atoms with Crippen LogP contribution < -0.4 is 10.1 Å². The first kappa shape index (κ1) is 17.7. The van der Waals surface area contributed by atoms with Crippen molar-refractivity contribution in [1.29, 1.82) is 0 Å². The van der Waals surface area contributed by atoms with E-state index < -0.39 is 6.61 Å². The van der Waals surface area contributed by atoms with Crippen molar-refractivity contribution >= 4 is 29.0 Å². The summed E-state index contributed by atoms with van der Waals surface area (Å²) in [6, 6.07) is 6.19. The van der Waals surface area contributed by atoms with E-state index in [1.165, 1.54) is 18.5 Å². The molecule has 1 heterocycles. The Morgan fingerprint density at radius 2 is 1.78 bits per heavy atom. The average molecular weight is 362 g/mol. The lowest BCUT2D eigenvalue weighted by molar-refractivity contribution is -0.0498. The summed E-state index contributed by atoms with van der Waals surface area (Å²) in [5, 5.41) is 3.17. The van der Waals surface area contributed by atoms with Crippen molar-refractivity contribution in [3.05, 3.63) is 46.9 Å². The second-order valence-corrected chi connectivity index (χ2v) is 5.88. The summed E-state index contributed by atoms with van der Waals surface area (Å²) in [6.07, 6.45) is 1.38. The quantitative estimate of drug-likeness (QED) is 0.717. The van der Waals surface area contributed by atoms with E-state index in [0.29, 0.717) is 16.5 Å². The van der Waals surface area contributed by atoms with Crippen molar-refractivity contribution < 1.29 is 13.5 Å². The number of halogens is 4. The van der Waals surface area contributed by atoms with E-state index in [2.05, 4.69) is 20.0 Å². The highest BCUT2D eigenvalue weighted by molar-refractivity contribution is 6.34. The third-order valence-electron chi connectivity index (χ3n) is 3.15. The zero-order chi connectivity index (χ0) is 17.0. The van der Waals surface area contributed by atoms with Gasteiger partial charge < -0.3 is 10.1 Å². The Labute approximate surface area is 142 Å². The molecule has 0 aliphatic carbocycles. The van der Waals surface area contributed by atoms with Gasteiger partial charge in [-0.25, -0.2) is 9.97 Å². The van der Waals surface area contributed by atoms with Gasteiger partial charge in [0.05, 0.1) is 11.1 Å². The van der Waals surface area contributed by atoms with Gasteiger partial charge in [-0.15, -0.1) is 11.6 Å². The summed E-state index contributed by atoms with van der Waals surface area (Å²) in [6.45, 7) is 0.822. The van der Waals surface area contributed by atoms with Gasteiger partial charge in [-0.2, -0.15) is 8.78 Å². The Balaban J connectivity index is 2.13. The van der Waals surface area contributed by atoms with Crippen LogP contribution in [0.5, 0.6) is 5.75 Å². The van der Waals surface area contributed by atoms with Crippen molar-refractivity contribution in [2.75, 3.05) is 5.32 Å². The van der Waals surface area contributed by atoms with E-state index in [0.717, 1.165) is 5.56 Å². The average Bonchev–Trinajstić information content (AvgIpc) is 2.49. The fraction of sp³-hybridized carbons (Fsp3) is 0.333. The maximum absolute atomic E-state index is 12.1. The maximum Gasteiger partial charge on any atom is 0.387 e. The molecule has 2 rings (SSSR count). The van der Waals surface area contributed by atoms with E-state index in [-0.39, 0.29) is 17.2 Å². The van der Waals surface area contributed by atoms with Crippen molar-refractivity contribution in [3.8, 4) is 5.75 Å². The van der Waals surface area contributed by atoms with Crippen molar-refractivity contribution in [1.82, 2.24) is 9.97 Å². The number of ether oxygens (including phenoxy) is 1. The lowest BCUT2D eigenvalue weighted by Gasteiger charge is -2.17. The normalized spacial score (nSPS) is 13.7. The van der Waals surface area contributed by atoms with E-state index in [4.69, 9.17) is 23.2 Å². The monoisotopic (exact) mass is 361 g/mol. The zero-order valence-corrected chi connectivity index (χ0v) is 13.9. The molecule has 0 saturated heterocycles. The van der Waals surface area contributed by atoms with E-state index >= 15 is 0 Å². The number of alkyl halides is 3. The molecule has 124 valence electrons. The van der Waals surface area contributed by atoms with Crippen LogP contribution in [0.4, 0.5) is 14.6 Å². The van der Waals surface area contributed by atoms with E-state index in [9.17, 15) is 8.78 Å². The standard InChI is InChI=1S/C15H15Cl2F2N3O/c1-8(16)13-12(17)14(21-7-20-13)22-9(2)10-3-5-11(6-4-10)23-15(18)19/h3-9,15H,1-2H3,(H,20,21,22). The summed E-state index contributed by atoms with van der Waals surface area (Å²) in [7, 11) is 0. The molecule has 1 N–H and O–H groups in total. The maximum atomic E-state index is 12.1. The second kappa shape index (κ2) is 7.75. The third-order valence-corrected chi connectivity index (χ3v) is 3.73. The summed E-state index contributed by atoms with van der Waals surface area (Å²) in [4.78, 5) is 8.16. The van der Waals surface area contributed by atoms with Crippen LogP contribution in [0.15, 0.2) is 30.6 Å². The van der Waals surface area contributed by atoms with Crippen LogP contribution in [-0.2, 0) is 0 Å². The minimum atomic E-state index is -2.84. The molecule has 0 aliphatic heterocycles. The number of anilines is 1. The van der Waals surface area contributed by atoms with Gasteiger partial charge in [0.2, 0.25) is 0 Å². The molecule has 0 radical (unpaired) electrons. The van der Waals surface area contributed by atoms with Gasteiger partial charge in [-0.1, -0.05) is 23.7 Å². The summed E-state index contributed by atoms with van der Waals surface area (Å²) < 4.78 is 28.6. The molecular formula is C15H15Cl2F2N3O. The second-order valence-electron chi connectivity index (χ2n) is 4.85. The highest BCUT2D eigenvalue weighted by Crippen LogP contribution is 2.31. The molecule has 0 saturated carbocycles. The number of aromatic nitrogens is 2. The molecule has 0 spiro atoms. The number of nitrogens with one attached hydrogen (secondary N) is 1.